The molecule has 25 heavy (non-hydrogen) atoms. The number of benzene rings is 2. The SMILES string of the molecule is Cl.NCCN(CCc1ccccc1)CC(=O)NCc1ccc(Cl)cc1. The summed E-state index contributed by atoms with van der Waals surface area (Å²) in [5.41, 5.74) is 7.96. The zero-order valence-electron chi connectivity index (χ0n) is 14.2. The molecule has 0 aliphatic carbocycles. The summed E-state index contributed by atoms with van der Waals surface area (Å²) in [6, 6.07) is 17.7. The first-order valence-corrected chi connectivity index (χ1v) is 8.52. The Morgan fingerprint density at radius 2 is 1.68 bits per heavy atom. The van der Waals surface area contributed by atoms with Crippen LogP contribution in [0.4, 0.5) is 0 Å². The monoisotopic (exact) mass is 381 g/mol. The Morgan fingerprint density at radius 1 is 1.00 bits per heavy atom. The molecule has 2 aromatic carbocycles. The highest BCUT2D eigenvalue weighted by Gasteiger charge is 2.10. The minimum Gasteiger partial charge on any atom is -0.351 e. The van der Waals surface area contributed by atoms with Crippen LogP contribution in [0, 0.1) is 0 Å². The van der Waals surface area contributed by atoms with E-state index in [1.54, 1.807) is 0 Å². The van der Waals surface area contributed by atoms with Crippen molar-refractivity contribution >= 4 is 29.9 Å². The van der Waals surface area contributed by atoms with Gasteiger partial charge in [0.15, 0.2) is 0 Å². The van der Waals surface area contributed by atoms with Gasteiger partial charge in [-0.15, -0.1) is 12.4 Å². The molecule has 0 atom stereocenters. The Hall–Kier alpha value is -1.59. The van der Waals surface area contributed by atoms with E-state index >= 15 is 0 Å². The van der Waals surface area contributed by atoms with Crippen LogP contribution >= 0.6 is 24.0 Å². The van der Waals surface area contributed by atoms with E-state index in [1.165, 1.54) is 5.56 Å². The van der Waals surface area contributed by atoms with Crippen LogP contribution < -0.4 is 11.1 Å². The largest absolute Gasteiger partial charge is 0.351 e. The maximum Gasteiger partial charge on any atom is 0.234 e. The third-order valence-corrected chi connectivity index (χ3v) is 4.03. The van der Waals surface area contributed by atoms with E-state index in [1.807, 2.05) is 42.5 Å². The van der Waals surface area contributed by atoms with Gasteiger partial charge in [0.2, 0.25) is 5.91 Å². The summed E-state index contributed by atoms with van der Waals surface area (Å²) < 4.78 is 0. The van der Waals surface area contributed by atoms with Crippen molar-refractivity contribution in [2.24, 2.45) is 5.73 Å². The fraction of sp³-hybridized carbons (Fsp3) is 0.316. The minimum absolute atomic E-state index is 0. The van der Waals surface area contributed by atoms with Crippen molar-refractivity contribution in [3.63, 3.8) is 0 Å². The molecule has 6 heteroatoms. The van der Waals surface area contributed by atoms with Gasteiger partial charge in [0.25, 0.3) is 0 Å². The molecule has 0 saturated carbocycles. The molecule has 4 nitrogen and oxygen atoms in total. The van der Waals surface area contributed by atoms with E-state index in [0.29, 0.717) is 31.2 Å². The lowest BCUT2D eigenvalue weighted by molar-refractivity contribution is -0.122. The third-order valence-electron chi connectivity index (χ3n) is 3.78. The molecule has 1 amide bonds. The average molecular weight is 382 g/mol. The van der Waals surface area contributed by atoms with Crippen molar-refractivity contribution in [1.82, 2.24) is 10.2 Å². The van der Waals surface area contributed by atoms with Gasteiger partial charge in [-0.3, -0.25) is 9.69 Å². The van der Waals surface area contributed by atoms with E-state index in [-0.39, 0.29) is 18.3 Å². The number of hydrogen-bond acceptors (Lipinski definition) is 3. The van der Waals surface area contributed by atoms with Crippen molar-refractivity contribution in [3.8, 4) is 0 Å². The number of hydrogen-bond donors (Lipinski definition) is 2. The van der Waals surface area contributed by atoms with Crippen molar-refractivity contribution in [2.75, 3.05) is 26.2 Å². The smallest absolute Gasteiger partial charge is 0.234 e. The lowest BCUT2D eigenvalue weighted by atomic mass is 10.1. The molecule has 0 aromatic heterocycles. The zero-order valence-corrected chi connectivity index (χ0v) is 15.7. The Bertz CT molecular complexity index is 620. The number of carbonyl (C=O) groups excluding carboxylic acids is 1. The molecule has 0 aliphatic rings. The molecule has 2 aromatic rings. The quantitative estimate of drug-likeness (QED) is 0.701. The number of amides is 1. The highest BCUT2D eigenvalue weighted by atomic mass is 35.5. The fourth-order valence-electron chi connectivity index (χ4n) is 2.45. The maximum absolute atomic E-state index is 12.2. The standard InChI is InChI=1S/C19H24ClN3O.ClH/c20-18-8-6-17(7-9-18)14-22-19(24)15-23(13-11-21)12-10-16-4-2-1-3-5-16;/h1-9H,10-15,21H2,(H,22,24);1H. The lowest BCUT2D eigenvalue weighted by Gasteiger charge is -2.21. The van der Waals surface area contributed by atoms with Gasteiger partial charge in [-0.2, -0.15) is 0 Å². The van der Waals surface area contributed by atoms with Gasteiger partial charge in [-0.05, 0) is 29.7 Å². The summed E-state index contributed by atoms with van der Waals surface area (Å²) in [5, 5.41) is 3.64. The second-order valence-corrected chi connectivity index (χ2v) is 6.14. The van der Waals surface area contributed by atoms with E-state index < -0.39 is 0 Å². The van der Waals surface area contributed by atoms with Crippen LogP contribution in [-0.4, -0.2) is 37.0 Å². The van der Waals surface area contributed by atoms with Crippen molar-refractivity contribution in [1.29, 1.82) is 0 Å². The molecule has 0 radical (unpaired) electrons. The lowest BCUT2D eigenvalue weighted by Crippen LogP contribution is -2.40. The van der Waals surface area contributed by atoms with Gasteiger partial charge in [-0.25, -0.2) is 0 Å². The first-order chi connectivity index (χ1) is 11.7. The molecule has 0 spiro atoms. The third kappa shape index (κ3) is 8.36. The van der Waals surface area contributed by atoms with E-state index in [0.717, 1.165) is 18.5 Å². The molecule has 2 rings (SSSR count). The maximum atomic E-state index is 12.2. The Balaban J connectivity index is 0.00000312. The van der Waals surface area contributed by atoms with Gasteiger partial charge < -0.3 is 11.1 Å². The molecule has 0 fully saturated rings. The first kappa shape index (κ1) is 21.5. The van der Waals surface area contributed by atoms with Gasteiger partial charge in [0, 0.05) is 31.2 Å². The minimum atomic E-state index is 0. The molecule has 0 heterocycles. The van der Waals surface area contributed by atoms with Crippen LogP contribution in [0.25, 0.3) is 0 Å². The van der Waals surface area contributed by atoms with E-state index in [9.17, 15) is 4.79 Å². The highest BCUT2D eigenvalue weighted by Crippen LogP contribution is 2.09. The Morgan fingerprint density at radius 3 is 2.32 bits per heavy atom. The molecular formula is C19H25Cl2N3O. The van der Waals surface area contributed by atoms with E-state index in [4.69, 9.17) is 17.3 Å². The normalized spacial score (nSPS) is 10.4. The molecule has 0 unspecified atom stereocenters. The number of nitrogens with two attached hydrogens (primary N) is 1. The summed E-state index contributed by atoms with van der Waals surface area (Å²) in [5.74, 6) is 0.00598. The summed E-state index contributed by atoms with van der Waals surface area (Å²) in [7, 11) is 0. The van der Waals surface area contributed by atoms with Crippen LogP contribution in [0.1, 0.15) is 11.1 Å². The summed E-state index contributed by atoms with van der Waals surface area (Å²) >= 11 is 5.86. The van der Waals surface area contributed by atoms with Crippen molar-refractivity contribution in [3.05, 3.63) is 70.7 Å². The molecular weight excluding hydrogens is 357 g/mol. The van der Waals surface area contributed by atoms with Crippen molar-refractivity contribution in [2.45, 2.75) is 13.0 Å². The second-order valence-electron chi connectivity index (χ2n) is 5.70. The Kier molecular flexibility index (Phi) is 10.2. The van der Waals surface area contributed by atoms with Gasteiger partial charge in [0.1, 0.15) is 0 Å². The number of nitrogens with one attached hydrogen (secondary N) is 1. The van der Waals surface area contributed by atoms with E-state index in [2.05, 4.69) is 22.3 Å². The second kappa shape index (κ2) is 11.9. The molecule has 3 N–H and O–H groups in total. The highest BCUT2D eigenvalue weighted by molar-refractivity contribution is 6.30. The summed E-state index contributed by atoms with van der Waals surface area (Å²) in [6.07, 6.45) is 0.908. The number of rotatable bonds is 9. The molecule has 0 saturated heterocycles. The van der Waals surface area contributed by atoms with Crippen LogP contribution in [0.5, 0.6) is 0 Å². The van der Waals surface area contributed by atoms with Gasteiger partial charge in [0.05, 0.1) is 6.54 Å². The number of halogens is 2. The Labute approximate surface area is 160 Å². The number of nitrogens with zero attached hydrogens (tertiary/aromatic N) is 1. The summed E-state index contributed by atoms with van der Waals surface area (Å²) in [6.45, 7) is 2.93. The summed E-state index contributed by atoms with van der Waals surface area (Å²) in [4.78, 5) is 14.2. The van der Waals surface area contributed by atoms with Gasteiger partial charge >= 0.3 is 0 Å². The van der Waals surface area contributed by atoms with Crippen LogP contribution in [-0.2, 0) is 17.8 Å². The average Bonchev–Trinajstić information content (AvgIpc) is 2.60. The van der Waals surface area contributed by atoms with Crippen LogP contribution in [0.3, 0.4) is 0 Å². The van der Waals surface area contributed by atoms with Crippen LogP contribution in [0.2, 0.25) is 5.02 Å². The first-order valence-electron chi connectivity index (χ1n) is 8.15. The van der Waals surface area contributed by atoms with Gasteiger partial charge in [-0.1, -0.05) is 54.1 Å². The molecule has 0 bridgehead atoms. The predicted octanol–water partition coefficient (Wildman–Crippen LogP) is 2.88. The van der Waals surface area contributed by atoms with Crippen molar-refractivity contribution < 1.29 is 4.79 Å². The zero-order chi connectivity index (χ0) is 17.2. The fourth-order valence-corrected chi connectivity index (χ4v) is 2.57. The molecule has 0 aliphatic heterocycles. The molecule has 136 valence electrons. The van der Waals surface area contributed by atoms with Crippen LogP contribution in [0.15, 0.2) is 54.6 Å². The topological polar surface area (TPSA) is 58.4 Å². The predicted molar refractivity (Wildman–Crippen MR) is 106 cm³/mol. The number of carbonyl (C=O) groups is 1.